The number of hydrogen-bond acceptors (Lipinski definition) is 5. The van der Waals surface area contributed by atoms with Crippen LogP contribution in [0.5, 0.6) is 0 Å². The van der Waals surface area contributed by atoms with E-state index >= 15 is 0 Å². The van der Waals surface area contributed by atoms with Gasteiger partial charge in [-0.1, -0.05) is 281 Å². The van der Waals surface area contributed by atoms with Gasteiger partial charge in [-0.25, -0.2) is 0 Å². The minimum atomic E-state index is -1.30. The lowest BCUT2D eigenvalue weighted by molar-refractivity contribution is -0.132. The number of carbonyl (C=O) groups is 1. The van der Waals surface area contributed by atoms with E-state index in [1.165, 1.54) is 238 Å². The molecule has 0 aliphatic heterocycles. The van der Waals surface area contributed by atoms with Crippen molar-refractivity contribution in [2.75, 3.05) is 6.61 Å². The Morgan fingerprint density at radius 1 is 0.343 bits per heavy atom. The number of amides is 1. The van der Waals surface area contributed by atoms with Gasteiger partial charge in [0.2, 0.25) is 5.91 Å². The van der Waals surface area contributed by atoms with Crippen LogP contribution in [-0.2, 0) is 4.79 Å². The summed E-state index contributed by atoms with van der Waals surface area (Å²) in [4.78, 5) is 12.6. The van der Waals surface area contributed by atoms with Crippen molar-refractivity contribution < 1.29 is 25.2 Å². The van der Waals surface area contributed by atoms with E-state index in [9.17, 15) is 25.2 Å². The third kappa shape index (κ3) is 51.2. The highest BCUT2D eigenvalue weighted by Crippen LogP contribution is 2.17. The van der Waals surface area contributed by atoms with Crippen molar-refractivity contribution >= 4 is 5.91 Å². The molecule has 412 valence electrons. The summed E-state index contributed by atoms with van der Waals surface area (Å²) in [6.07, 6.45) is 74.9. The second kappa shape index (κ2) is 58.2. The Kier molecular flexibility index (Phi) is 56.7. The molecule has 0 heterocycles. The molecule has 0 radical (unpaired) electrons. The van der Waals surface area contributed by atoms with Gasteiger partial charge in [-0.2, -0.15) is 0 Å². The monoisotopic (exact) mass is 984 g/mol. The second-order valence-electron chi connectivity index (χ2n) is 21.4. The fraction of sp³-hybridized carbons (Fsp3) is 0.859. The van der Waals surface area contributed by atoms with Gasteiger partial charge in [0.25, 0.3) is 0 Å². The highest BCUT2D eigenvalue weighted by Gasteiger charge is 2.28. The summed E-state index contributed by atoms with van der Waals surface area (Å²) in [7, 11) is 0. The SMILES string of the molecule is CCCCCCCCCCCCCC/C=C\CCCCCCCCCCCCCCC(O)C(=O)NC(CO)C(O)C(O)CCC/C=C/CC/C=C/CC/C=C/CCCCCCCCCCCCCCC. The molecular formula is C64H121NO5. The summed E-state index contributed by atoms with van der Waals surface area (Å²) in [5, 5.41) is 44.0. The summed E-state index contributed by atoms with van der Waals surface area (Å²) in [5.74, 6) is -0.597. The Morgan fingerprint density at radius 2 is 0.600 bits per heavy atom. The zero-order chi connectivity index (χ0) is 50.9. The summed E-state index contributed by atoms with van der Waals surface area (Å²) in [5.41, 5.74) is 0. The molecule has 0 fully saturated rings. The van der Waals surface area contributed by atoms with Gasteiger partial charge in [0.05, 0.1) is 18.8 Å². The molecule has 6 heteroatoms. The fourth-order valence-corrected chi connectivity index (χ4v) is 9.61. The zero-order valence-corrected chi connectivity index (χ0v) is 46.8. The fourth-order valence-electron chi connectivity index (χ4n) is 9.61. The highest BCUT2D eigenvalue weighted by molar-refractivity contribution is 5.80. The zero-order valence-electron chi connectivity index (χ0n) is 46.8. The van der Waals surface area contributed by atoms with Gasteiger partial charge in [-0.15, -0.1) is 0 Å². The molecular weight excluding hydrogens is 863 g/mol. The first-order chi connectivity index (χ1) is 34.5. The van der Waals surface area contributed by atoms with Crippen LogP contribution >= 0.6 is 0 Å². The lowest BCUT2D eigenvalue weighted by Crippen LogP contribution is -2.53. The van der Waals surface area contributed by atoms with Gasteiger partial charge in [-0.05, 0) is 89.9 Å². The molecule has 4 unspecified atom stereocenters. The molecule has 0 aliphatic rings. The average Bonchev–Trinajstić information content (AvgIpc) is 3.36. The summed E-state index contributed by atoms with van der Waals surface area (Å²) < 4.78 is 0. The van der Waals surface area contributed by atoms with Crippen molar-refractivity contribution in [3.8, 4) is 0 Å². The maximum Gasteiger partial charge on any atom is 0.249 e. The number of allylic oxidation sites excluding steroid dienone is 8. The van der Waals surface area contributed by atoms with Gasteiger partial charge in [0.1, 0.15) is 12.2 Å². The van der Waals surface area contributed by atoms with E-state index in [0.29, 0.717) is 19.3 Å². The smallest absolute Gasteiger partial charge is 0.249 e. The van der Waals surface area contributed by atoms with Crippen molar-refractivity contribution in [3.63, 3.8) is 0 Å². The molecule has 0 bridgehead atoms. The van der Waals surface area contributed by atoms with E-state index < -0.39 is 36.9 Å². The van der Waals surface area contributed by atoms with Gasteiger partial charge >= 0.3 is 0 Å². The van der Waals surface area contributed by atoms with Crippen molar-refractivity contribution in [1.82, 2.24) is 5.32 Å². The van der Waals surface area contributed by atoms with E-state index in [2.05, 4.69) is 67.8 Å². The molecule has 5 N–H and O–H groups in total. The molecule has 0 saturated carbocycles. The molecule has 0 aromatic heterocycles. The molecule has 1 amide bonds. The van der Waals surface area contributed by atoms with Crippen molar-refractivity contribution in [1.29, 1.82) is 0 Å². The molecule has 70 heavy (non-hydrogen) atoms. The van der Waals surface area contributed by atoms with Crippen LogP contribution in [-0.4, -0.2) is 57.3 Å². The minimum Gasteiger partial charge on any atom is -0.394 e. The summed E-state index contributed by atoms with van der Waals surface area (Å²) >= 11 is 0. The Morgan fingerprint density at radius 3 is 0.900 bits per heavy atom. The summed E-state index contributed by atoms with van der Waals surface area (Å²) in [6, 6.07) is -1.01. The number of aliphatic hydroxyl groups is 4. The first kappa shape index (κ1) is 68.3. The summed E-state index contributed by atoms with van der Waals surface area (Å²) in [6.45, 7) is 4.07. The van der Waals surface area contributed by atoms with Crippen molar-refractivity contribution in [2.45, 2.75) is 346 Å². The maximum absolute atomic E-state index is 12.6. The van der Waals surface area contributed by atoms with Crippen LogP contribution < -0.4 is 5.32 Å². The molecule has 6 nitrogen and oxygen atoms in total. The Hall–Kier alpha value is -1.73. The van der Waals surface area contributed by atoms with Crippen LogP contribution in [0.3, 0.4) is 0 Å². The third-order valence-electron chi connectivity index (χ3n) is 14.5. The van der Waals surface area contributed by atoms with Crippen LogP contribution in [0.15, 0.2) is 48.6 Å². The maximum atomic E-state index is 12.6. The number of unbranched alkanes of at least 4 members (excludes halogenated alkanes) is 40. The van der Waals surface area contributed by atoms with Gasteiger partial charge in [0.15, 0.2) is 0 Å². The lowest BCUT2D eigenvalue weighted by Gasteiger charge is -2.27. The number of carbonyl (C=O) groups excluding carboxylic acids is 1. The van der Waals surface area contributed by atoms with E-state index in [-0.39, 0.29) is 0 Å². The molecule has 0 aromatic carbocycles. The molecule has 0 aliphatic carbocycles. The van der Waals surface area contributed by atoms with Crippen molar-refractivity contribution in [2.24, 2.45) is 0 Å². The molecule has 0 rings (SSSR count). The Labute approximate surface area is 436 Å². The largest absolute Gasteiger partial charge is 0.394 e. The quantitative estimate of drug-likeness (QED) is 0.0308. The molecule has 4 atom stereocenters. The average molecular weight is 985 g/mol. The second-order valence-corrected chi connectivity index (χ2v) is 21.4. The van der Waals surface area contributed by atoms with Crippen molar-refractivity contribution in [3.05, 3.63) is 48.6 Å². The topological polar surface area (TPSA) is 110 Å². The number of nitrogens with one attached hydrogen (secondary N) is 1. The normalized spacial score (nSPS) is 14.0. The van der Waals surface area contributed by atoms with E-state index in [0.717, 1.165) is 51.4 Å². The van der Waals surface area contributed by atoms with Gasteiger partial charge < -0.3 is 25.7 Å². The third-order valence-corrected chi connectivity index (χ3v) is 14.5. The van der Waals surface area contributed by atoms with E-state index in [1.807, 2.05) is 0 Å². The number of rotatable bonds is 57. The van der Waals surface area contributed by atoms with Gasteiger partial charge in [0, 0.05) is 0 Å². The van der Waals surface area contributed by atoms with Gasteiger partial charge in [-0.3, -0.25) is 4.79 Å². The van der Waals surface area contributed by atoms with Crippen LogP contribution in [0.2, 0.25) is 0 Å². The molecule has 0 spiro atoms. The number of aliphatic hydroxyl groups excluding tert-OH is 4. The first-order valence-corrected chi connectivity index (χ1v) is 31.0. The standard InChI is InChI=1S/C64H121NO5/c1-3-5-7-9-11-13-15-17-19-21-23-25-27-29-31-32-34-36-38-40-42-44-46-48-50-52-54-56-58-62(68)64(70)65-60(59-66)63(69)61(67)57-55-53-51-49-47-45-43-41-39-37-35-33-30-28-26-24-22-20-18-16-14-12-10-8-6-4-2/h29,31,33,35,41,43,49,51,60-63,66-69H,3-28,30,32,34,36-40,42,44-48,50,52-59H2,1-2H3,(H,65,70)/b31-29-,35-33+,43-41+,51-49+. The van der Waals surface area contributed by atoms with E-state index in [1.54, 1.807) is 0 Å². The van der Waals surface area contributed by atoms with E-state index in [4.69, 9.17) is 0 Å². The Bertz CT molecular complexity index is 1150. The first-order valence-electron chi connectivity index (χ1n) is 31.0. The van der Waals surface area contributed by atoms with Crippen LogP contribution in [0.4, 0.5) is 0 Å². The highest BCUT2D eigenvalue weighted by atomic mass is 16.3. The number of hydrogen-bond donors (Lipinski definition) is 5. The van der Waals surface area contributed by atoms with Crippen LogP contribution in [0.1, 0.15) is 322 Å². The predicted octanol–water partition coefficient (Wildman–Crippen LogP) is 18.5. The van der Waals surface area contributed by atoms with Crippen LogP contribution in [0.25, 0.3) is 0 Å². The lowest BCUT2D eigenvalue weighted by atomic mass is 10.00. The molecule has 0 saturated heterocycles. The van der Waals surface area contributed by atoms with Crippen LogP contribution in [0, 0.1) is 0 Å². The predicted molar refractivity (Wildman–Crippen MR) is 307 cm³/mol. The minimum absolute atomic E-state index is 0.358. The Balaban J connectivity index is 3.67. The molecule has 0 aromatic rings.